The van der Waals surface area contributed by atoms with Crippen LogP contribution < -0.4 is 5.32 Å². The van der Waals surface area contributed by atoms with Crippen LogP contribution in [-0.2, 0) is 20.0 Å². The molecule has 0 bridgehead atoms. The fourth-order valence-corrected chi connectivity index (χ4v) is 1.80. The van der Waals surface area contributed by atoms with Crippen LogP contribution in [0.4, 0.5) is 0 Å². The zero-order valence-electron chi connectivity index (χ0n) is 9.77. The summed E-state index contributed by atoms with van der Waals surface area (Å²) in [5, 5.41) is 3.16. The Hall–Kier alpha value is -1.61. The van der Waals surface area contributed by atoms with Crippen LogP contribution in [0.25, 0.3) is 0 Å². The van der Waals surface area contributed by atoms with Crippen LogP contribution in [0.15, 0.2) is 36.7 Å². The molecule has 0 spiro atoms. The van der Waals surface area contributed by atoms with Crippen LogP contribution in [0.3, 0.4) is 0 Å². The fraction of sp³-hybridized carbons (Fsp3) is 0.308. The van der Waals surface area contributed by atoms with Crippen LogP contribution in [0, 0.1) is 0 Å². The predicted octanol–water partition coefficient (Wildman–Crippen LogP) is 1.73. The molecule has 0 atom stereocenters. The number of aryl methyl sites for hydroxylation is 1. The van der Waals surface area contributed by atoms with Crippen molar-refractivity contribution < 1.29 is 0 Å². The van der Waals surface area contributed by atoms with Crippen molar-refractivity contribution in [2.24, 2.45) is 7.05 Å². The number of aromatic nitrogens is 2. The van der Waals surface area contributed by atoms with E-state index < -0.39 is 0 Å². The minimum Gasteiger partial charge on any atom is -0.338 e. The molecule has 1 aromatic carbocycles. The summed E-state index contributed by atoms with van der Waals surface area (Å²) in [5.41, 5.74) is 2.62. The smallest absolute Gasteiger partial charge is 0.112 e. The molecule has 3 heteroatoms. The summed E-state index contributed by atoms with van der Waals surface area (Å²) < 4.78 is 2.06. The van der Waals surface area contributed by atoms with Crippen molar-refractivity contribution in [2.45, 2.75) is 13.0 Å². The van der Waals surface area contributed by atoms with Crippen LogP contribution in [0.5, 0.6) is 0 Å². The minimum absolute atomic E-state index is 0.890. The maximum Gasteiger partial charge on any atom is 0.112 e. The number of benzene rings is 1. The molecule has 84 valence electrons. The van der Waals surface area contributed by atoms with Crippen molar-refractivity contribution in [1.82, 2.24) is 14.9 Å². The standard InChI is InChI=1S/C13H17N3/c1-14-10-12-5-3-4-11(8-12)9-13-15-6-7-16(13)2/h3-8,14H,9-10H2,1-2H3. The lowest BCUT2D eigenvalue weighted by Gasteiger charge is -2.05. The third-order valence-electron chi connectivity index (χ3n) is 2.66. The van der Waals surface area contributed by atoms with Gasteiger partial charge in [0, 0.05) is 32.4 Å². The average Bonchev–Trinajstić information content (AvgIpc) is 2.66. The monoisotopic (exact) mass is 215 g/mol. The molecule has 2 aromatic rings. The lowest BCUT2D eigenvalue weighted by atomic mass is 10.1. The number of nitrogens with zero attached hydrogens (tertiary/aromatic N) is 2. The van der Waals surface area contributed by atoms with Crippen molar-refractivity contribution in [3.63, 3.8) is 0 Å². The Morgan fingerprint density at radius 1 is 1.31 bits per heavy atom. The van der Waals surface area contributed by atoms with Gasteiger partial charge in [0.05, 0.1) is 0 Å². The molecule has 0 saturated carbocycles. The van der Waals surface area contributed by atoms with Gasteiger partial charge in [-0.1, -0.05) is 24.3 Å². The molecular weight excluding hydrogens is 198 g/mol. The highest BCUT2D eigenvalue weighted by Gasteiger charge is 2.01. The van der Waals surface area contributed by atoms with Crippen LogP contribution in [0.2, 0.25) is 0 Å². The van der Waals surface area contributed by atoms with Gasteiger partial charge in [-0.25, -0.2) is 4.98 Å². The molecule has 0 aliphatic heterocycles. The van der Waals surface area contributed by atoms with Gasteiger partial charge >= 0.3 is 0 Å². The largest absolute Gasteiger partial charge is 0.338 e. The Morgan fingerprint density at radius 2 is 2.12 bits per heavy atom. The molecule has 0 aliphatic carbocycles. The van der Waals surface area contributed by atoms with E-state index >= 15 is 0 Å². The summed E-state index contributed by atoms with van der Waals surface area (Å²) in [6.07, 6.45) is 4.71. The first-order valence-electron chi connectivity index (χ1n) is 5.48. The highest BCUT2D eigenvalue weighted by Crippen LogP contribution is 2.09. The zero-order valence-corrected chi connectivity index (χ0v) is 9.77. The Labute approximate surface area is 96.1 Å². The van der Waals surface area contributed by atoms with Gasteiger partial charge in [0.25, 0.3) is 0 Å². The van der Waals surface area contributed by atoms with E-state index in [1.165, 1.54) is 11.1 Å². The van der Waals surface area contributed by atoms with Gasteiger partial charge in [-0.15, -0.1) is 0 Å². The van der Waals surface area contributed by atoms with Gasteiger partial charge in [-0.3, -0.25) is 0 Å². The number of nitrogens with one attached hydrogen (secondary N) is 1. The molecule has 0 saturated heterocycles. The third-order valence-corrected chi connectivity index (χ3v) is 2.66. The second-order valence-electron chi connectivity index (χ2n) is 3.98. The molecular formula is C13H17N3. The molecule has 0 aliphatic rings. The maximum absolute atomic E-state index is 4.33. The maximum atomic E-state index is 4.33. The number of hydrogen-bond donors (Lipinski definition) is 1. The molecule has 1 aromatic heterocycles. The Bertz CT molecular complexity index is 460. The zero-order chi connectivity index (χ0) is 11.4. The number of imidazole rings is 1. The number of rotatable bonds is 4. The van der Waals surface area contributed by atoms with Gasteiger partial charge in [0.1, 0.15) is 5.82 Å². The van der Waals surface area contributed by atoms with Gasteiger partial charge in [0.2, 0.25) is 0 Å². The summed E-state index contributed by atoms with van der Waals surface area (Å²) in [7, 11) is 3.99. The first-order valence-corrected chi connectivity index (χ1v) is 5.48. The second-order valence-corrected chi connectivity index (χ2v) is 3.98. The molecule has 1 N–H and O–H groups in total. The second kappa shape index (κ2) is 4.94. The highest BCUT2D eigenvalue weighted by molar-refractivity contribution is 5.26. The normalized spacial score (nSPS) is 10.6. The highest BCUT2D eigenvalue weighted by atomic mass is 15.0. The van der Waals surface area contributed by atoms with Gasteiger partial charge < -0.3 is 9.88 Å². The van der Waals surface area contributed by atoms with Crippen molar-refractivity contribution in [2.75, 3.05) is 7.05 Å². The van der Waals surface area contributed by atoms with Crippen LogP contribution in [-0.4, -0.2) is 16.6 Å². The summed E-state index contributed by atoms with van der Waals surface area (Å²) in [5.74, 6) is 1.10. The third kappa shape index (κ3) is 2.49. The molecule has 0 radical (unpaired) electrons. The quantitative estimate of drug-likeness (QED) is 0.841. The molecule has 1 heterocycles. The summed E-state index contributed by atoms with van der Waals surface area (Å²) in [6, 6.07) is 8.61. The van der Waals surface area contributed by atoms with Crippen molar-refractivity contribution in [3.05, 3.63) is 53.6 Å². The molecule has 2 rings (SSSR count). The van der Waals surface area contributed by atoms with Crippen molar-refractivity contribution in [1.29, 1.82) is 0 Å². The topological polar surface area (TPSA) is 29.9 Å². The lowest BCUT2D eigenvalue weighted by molar-refractivity contribution is 0.807. The molecule has 0 fully saturated rings. The van der Waals surface area contributed by atoms with E-state index in [4.69, 9.17) is 0 Å². The van der Waals surface area contributed by atoms with Crippen molar-refractivity contribution >= 4 is 0 Å². The summed E-state index contributed by atoms with van der Waals surface area (Å²) in [6.45, 7) is 0.911. The van der Waals surface area contributed by atoms with E-state index in [2.05, 4.69) is 39.1 Å². The lowest BCUT2D eigenvalue weighted by Crippen LogP contribution is -2.05. The van der Waals surface area contributed by atoms with E-state index in [0.717, 1.165) is 18.8 Å². The first kappa shape index (κ1) is 10.9. The first-order chi connectivity index (χ1) is 7.79. The molecule has 3 nitrogen and oxygen atoms in total. The van der Waals surface area contributed by atoms with Gasteiger partial charge in [-0.2, -0.15) is 0 Å². The molecule has 0 amide bonds. The van der Waals surface area contributed by atoms with Crippen LogP contribution in [0.1, 0.15) is 17.0 Å². The van der Waals surface area contributed by atoms with Gasteiger partial charge in [0.15, 0.2) is 0 Å². The van der Waals surface area contributed by atoms with E-state index in [1.807, 2.05) is 26.5 Å². The molecule has 16 heavy (non-hydrogen) atoms. The van der Waals surface area contributed by atoms with E-state index in [1.54, 1.807) is 0 Å². The summed E-state index contributed by atoms with van der Waals surface area (Å²) in [4.78, 5) is 4.33. The average molecular weight is 215 g/mol. The Morgan fingerprint density at radius 3 is 2.81 bits per heavy atom. The Balaban J connectivity index is 2.15. The van der Waals surface area contributed by atoms with Gasteiger partial charge in [-0.05, 0) is 18.2 Å². The van der Waals surface area contributed by atoms with E-state index in [9.17, 15) is 0 Å². The fourth-order valence-electron chi connectivity index (χ4n) is 1.80. The molecule has 0 unspecified atom stereocenters. The van der Waals surface area contributed by atoms with Crippen molar-refractivity contribution in [3.8, 4) is 0 Å². The SMILES string of the molecule is CNCc1cccc(Cc2nccn2C)c1. The van der Waals surface area contributed by atoms with E-state index in [0.29, 0.717) is 0 Å². The summed E-state index contributed by atoms with van der Waals surface area (Å²) >= 11 is 0. The minimum atomic E-state index is 0.890. The predicted molar refractivity (Wildman–Crippen MR) is 65.2 cm³/mol. The Kier molecular flexibility index (Phi) is 3.37. The van der Waals surface area contributed by atoms with E-state index in [-0.39, 0.29) is 0 Å². The number of hydrogen-bond acceptors (Lipinski definition) is 2. The van der Waals surface area contributed by atoms with Crippen LogP contribution >= 0.6 is 0 Å².